The summed E-state index contributed by atoms with van der Waals surface area (Å²) in [5.74, 6) is 0.849. The average Bonchev–Trinajstić information content (AvgIpc) is 3.34. The number of aryl methyl sites for hydroxylation is 2. The van der Waals surface area contributed by atoms with Gasteiger partial charge in [0.2, 0.25) is 0 Å². The number of rotatable bonds is 10. The van der Waals surface area contributed by atoms with Gasteiger partial charge in [0.05, 0.1) is 17.1 Å². The number of fused-ring (bicyclic) bond motifs is 1. The van der Waals surface area contributed by atoms with Crippen molar-refractivity contribution in [3.8, 4) is 0 Å². The van der Waals surface area contributed by atoms with Crippen LogP contribution in [0, 0.1) is 13.8 Å². The number of benzene rings is 2. The molecule has 0 aliphatic carbocycles. The third-order valence-corrected chi connectivity index (χ3v) is 7.37. The van der Waals surface area contributed by atoms with Gasteiger partial charge in [0.1, 0.15) is 0 Å². The van der Waals surface area contributed by atoms with Crippen LogP contribution in [-0.2, 0) is 18.5 Å². The minimum absolute atomic E-state index is 0.0248. The van der Waals surface area contributed by atoms with E-state index in [-0.39, 0.29) is 17.1 Å². The van der Waals surface area contributed by atoms with E-state index >= 15 is 0 Å². The molecule has 0 aliphatic rings. The lowest BCUT2D eigenvalue weighted by atomic mass is 10.0. The van der Waals surface area contributed by atoms with Crippen molar-refractivity contribution in [1.82, 2.24) is 30.1 Å². The molecule has 1 N–H and O–H groups in total. The van der Waals surface area contributed by atoms with E-state index in [1.54, 1.807) is 0 Å². The second kappa shape index (κ2) is 10.7. The molecule has 7 nitrogen and oxygen atoms in total. The lowest BCUT2D eigenvalue weighted by Crippen LogP contribution is -2.37. The van der Waals surface area contributed by atoms with Crippen molar-refractivity contribution in [1.29, 1.82) is 0 Å². The molecule has 4 rings (SSSR count). The number of nitrogens with zero attached hydrogens (tertiary/aromatic N) is 5. The zero-order valence-corrected chi connectivity index (χ0v) is 22.4. The molecule has 0 saturated heterocycles. The van der Waals surface area contributed by atoms with Gasteiger partial charge in [-0.3, -0.25) is 9.69 Å². The maximum atomic E-state index is 13.2. The fourth-order valence-corrected chi connectivity index (χ4v) is 4.84. The average molecular weight is 487 g/mol. The van der Waals surface area contributed by atoms with Crippen LogP contribution < -0.4 is 5.56 Å². The number of para-hydroxylation sites is 1. The van der Waals surface area contributed by atoms with Gasteiger partial charge in [-0.15, -0.1) is 5.10 Å². The van der Waals surface area contributed by atoms with E-state index < -0.39 is 0 Å². The number of tetrazole rings is 1. The Morgan fingerprint density at radius 2 is 1.86 bits per heavy atom. The van der Waals surface area contributed by atoms with Crippen LogP contribution in [-0.4, -0.2) is 36.6 Å². The molecule has 1 atom stereocenters. The van der Waals surface area contributed by atoms with E-state index in [4.69, 9.17) is 0 Å². The Kier molecular flexibility index (Phi) is 7.69. The molecule has 190 valence electrons. The summed E-state index contributed by atoms with van der Waals surface area (Å²) in [4.78, 5) is 18.7. The van der Waals surface area contributed by atoms with Crippen molar-refractivity contribution < 1.29 is 0 Å². The zero-order valence-electron chi connectivity index (χ0n) is 22.4. The fourth-order valence-electron chi connectivity index (χ4n) is 4.84. The van der Waals surface area contributed by atoms with Crippen LogP contribution >= 0.6 is 0 Å². The Morgan fingerprint density at radius 3 is 2.58 bits per heavy atom. The van der Waals surface area contributed by atoms with Crippen LogP contribution in [0.4, 0.5) is 0 Å². The van der Waals surface area contributed by atoms with Gasteiger partial charge in [-0.1, -0.05) is 61.9 Å². The predicted octanol–water partition coefficient (Wildman–Crippen LogP) is 5.47. The fraction of sp³-hybridized carbons (Fsp3) is 0.448. The zero-order chi connectivity index (χ0) is 25.9. The largest absolute Gasteiger partial charge is 0.321 e. The summed E-state index contributed by atoms with van der Waals surface area (Å²) in [5.41, 5.74) is 5.02. The summed E-state index contributed by atoms with van der Waals surface area (Å²) in [7, 11) is 0. The molecule has 36 heavy (non-hydrogen) atoms. The van der Waals surface area contributed by atoms with Gasteiger partial charge in [0, 0.05) is 18.7 Å². The second-order valence-corrected chi connectivity index (χ2v) is 10.4. The monoisotopic (exact) mass is 486 g/mol. The van der Waals surface area contributed by atoms with E-state index in [2.05, 4.69) is 90.4 Å². The molecule has 2 aromatic carbocycles. The lowest BCUT2D eigenvalue weighted by Gasteiger charge is -2.33. The van der Waals surface area contributed by atoms with Crippen LogP contribution in [0.25, 0.3) is 10.9 Å². The highest BCUT2D eigenvalue weighted by molar-refractivity contribution is 5.81. The standard InChI is InChI=1S/C29H38N6O/c1-7-25(27-31-32-33-35(27)29(5,6)8-2)34(16-15-22-13-9-11-20(3)17-22)19-24-18-23-14-10-12-21(4)26(23)30-28(24)36/h9-14,17-18,25H,7-8,15-16,19H2,1-6H3,(H,30,36)/t25-/m1/s1. The van der Waals surface area contributed by atoms with Crippen LogP contribution in [0.1, 0.15) is 74.7 Å². The first-order chi connectivity index (χ1) is 17.2. The summed E-state index contributed by atoms with van der Waals surface area (Å²) in [6.45, 7) is 14.1. The maximum Gasteiger partial charge on any atom is 0.252 e. The summed E-state index contributed by atoms with van der Waals surface area (Å²) < 4.78 is 1.97. The third-order valence-electron chi connectivity index (χ3n) is 7.37. The summed E-state index contributed by atoms with van der Waals surface area (Å²) in [6, 6.07) is 16.7. The Balaban J connectivity index is 1.73. The van der Waals surface area contributed by atoms with Crippen molar-refractivity contribution in [3.05, 3.63) is 87.0 Å². The van der Waals surface area contributed by atoms with E-state index in [1.165, 1.54) is 11.1 Å². The normalized spacial score (nSPS) is 13.0. The highest BCUT2D eigenvalue weighted by Gasteiger charge is 2.31. The molecule has 0 fully saturated rings. The van der Waals surface area contributed by atoms with Crippen molar-refractivity contribution in [3.63, 3.8) is 0 Å². The molecule has 0 bridgehead atoms. The van der Waals surface area contributed by atoms with E-state index in [1.807, 2.05) is 29.8 Å². The van der Waals surface area contributed by atoms with Crippen molar-refractivity contribution in [2.24, 2.45) is 0 Å². The molecule has 4 aromatic rings. The Labute approximate surface area is 213 Å². The number of pyridine rings is 1. The van der Waals surface area contributed by atoms with Gasteiger partial charge in [-0.05, 0) is 80.0 Å². The highest BCUT2D eigenvalue weighted by Crippen LogP contribution is 2.29. The first-order valence-electron chi connectivity index (χ1n) is 12.9. The van der Waals surface area contributed by atoms with E-state index in [9.17, 15) is 4.79 Å². The minimum Gasteiger partial charge on any atom is -0.321 e. The quantitative estimate of drug-likeness (QED) is 0.321. The molecule has 2 heterocycles. The molecule has 0 spiro atoms. The number of nitrogens with one attached hydrogen (secondary N) is 1. The van der Waals surface area contributed by atoms with Gasteiger partial charge in [-0.2, -0.15) is 0 Å². The molecular weight excluding hydrogens is 448 g/mol. The first-order valence-corrected chi connectivity index (χ1v) is 12.9. The topological polar surface area (TPSA) is 79.7 Å². The number of H-pyrrole nitrogens is 1. The van der Waals surface area contributed by atoms with E-state index in [0.29, 0.717) is 6.54 Å². The summed E-state index contributed by atoms with van der Waals surface area (Å²) >= 11 is 0. The first kappa shape index (κ1) is 25.8. The predicted molar refractivity (Wildman–Crippen MR) is 145 cm³/mol. The highest BCUT2D eigenvalue weighted by atomic mass is 16.1. The molecule has 0 saturated carbocycles. The molecule has 0 amide bonds. The number of aromatic amines is 1. The number of hydrogen-bond donors (Lipinski definition) is 1. The van der Waals surface area contributed by atoms with Gasteiger partial charge in [0.15, 0.2) is 5.82 Å². The van der Waals surface area contributed by atoms with Crippen molar-refractivity contribution in [2.75, 3.05) is 6.54 Å². The summed E-state index contributed by atoms with van der Waals surface area (Å²) in [5, 5.41) is 14.0. The van der Waals surface area contributed by atoms with Crippen LogP contribution in [0.15, 0.2) is 53.3 Å². The molecular formula is C29H38N6O. The maximum absolute atomic E-state index is 13.2. The molecule has 2 aromatic heterocycles. The second-order valence-electron chi connectivity index (χ2n) is 10.4. The minimum atomic E-state index is -0.202. The van der Waals surface area contributed by atoms with Gasteiger partial charge < -0.3 is 4.98 Å². The van der Waals surface area contributed by atoms with Crippen LogP contribution in [0.3, 0.4) is 0 Å². The van der Waals surface area contributed by atoms with E-state index in [0.717, 1.165) is 53.7 Å². The van der Waals surface area contributed by atoms with Crippen LogP contribution in [0.2, 0.25) is 0 Å². The molecule has 0 unspecified atom stereocenters. The number of hydrogen-bond acceptors (Lipinski definition) is 5. The van der Waals surface area contributed by atoms with Gasteiger partial charge >= 0.3 is 0 Å². The smallest absolute Gasteiger partial charge is 0.252 e. The number of aromatic nitrogens is 5. The van der Waals surface area contributed by atoms with Crippen molar-refractivity contribution in [2.45, 2.75) is 78.9 Å². The molecule has 7 heteroatoms. The van der Waals surface area contributed by atoms with Crippen LogP contribution in [0.5, 0.6) is 0 Å². The Hall–Kier alpha value is -3.32. The lowest BCUT2D eigenvalue weighted by molar-refractivity contribution is 0.160. The third kappa shape index (κ3) is 5.41. The Bertz CT molecular complexity index is 1390. The van der Waals surface area contributed by atoms with Gasteiger partial charge in [-0.25, -0.2) is 4.68 Å². The molecule has 0 radical (unpaired) electrons. The Morgan fingerprint density at radius 1 is 1.08 bits per heavy atom. The molecule has 0 aliphatic heterocycles. The SMILES string of the molecule is CC[C@H](c1nnnn1C(C)(C)CC)N(CCc1cccc(C)c1)Cc1cc2cccc(C)c2[nH]c1=O. The van der Waals surface area contributed by atoms with Crippen molar-refractivity contribution >= 4 is 10.9 Å². The summed E-state index contributed by atoms with van der Waals surface area (Å²) in [6.07, 6.45) is 2.62. The van der Waals surface area contributed by atoms with Gasteiger partial charge in [0.25, 0.3) is 5.56 Å².